The number of hydrogen-bond donors (Lipinski definition) is 2. The van der Waals surface area contributed by atoms with Gasteiger partial charge in [-0.25, -0.2) is 13.2 Å². The molecule has 1 unspecified atom stereocenters. The van der Waals surface area contributed by atoms with Crippen LogP contribution in [-0.4, -0.2) is 5.11 Å². The lowest BCUT2D eigenvalue weighted by molar-refractivity contribution is 0.475. The average molecular weight is 267 g/mol. The monoisotopic (exact) mass is 267 g/mol. The van der Waals surface area contributed by atoms with E-state index in [1.54, 1.807) is 19.1 Å². The molecule has 0 bridgehead atoms. The highest BCUT2D eigenvalue weighted by Gasteiger charge is 2.12. The maximum absolute atomic E-state index is 13.5. The summed E-state index contributed by atoms with van der Waals surface area (Å²) in [7, 11) is 0. The third-order valence-corrected chi connectivity index (χ3v) is 2.78. The molecule has 0 saturated heterocycles. The van der Waals surface area contributed by atoms with Gasteiger partial charge in [-0.15, -0.1) is 0 Å². The summed E-state index contributed by atoms with van der Waals surface area (Å²) in [6, 6.07) is 7.27. The van der Waals surface area contributed by atoms with E-state index >= 15 is 0 Å². The molecule has 2 aromatic carbocycles. The quantitative estimate of drug-likeness (QED) is 0.824. The molecule has 1 atom stereocenters. The van der Waals surface area contributed by atoms with Crippen LogP contribution in [0.1, 0.15) is 18.5 Å². The van der Waals surface area contributed by atoms with Gasteiger partial charge in [0.15, 0.2) is 11.6 Å². The lowest BCUT2D eigenvalue weighted by Crippen LogP contribution is -2.08. The molecule has 0 aliphatic carbocycles. The fourth-order valence-electron chi connectivity index (χ4n) is 1.71. The normalized spacial score (nSPS) is 12.2. The van der Waals surface area contributed by atoms with Crippen molar-refractivity contribution in [1.29, 1.82) is 0 Å². The van der Waals surface area contributed by atoms with Crippen molar-refractivity contribution in [2.75, 3.05) is 5.32 Å². The summed E-state index contributed by atoms with van der Waals surface area (Å²) in [6.45, 7) is 1.74. The van der Waals surface area contributed by atoms with Crippen LogP contribution in [0, 0.1) is 17.5 Å². The van der Waals surface area contributed by atoms with Crippen LogP contribution in [0.15, 0.2) is 36.4 Å². The minimum absolute atomic E-state index is 0.112. The predicted octanol–water partition coefficient (Wildman–Crippen LogP) is 3.98. The first-order valence-electron chi connectivity index (χ1n) is 5.67. The van der Waals surface area contributed by atoms with E-state index in [1.165, 1.54) is 12.1 Å². The number of phenolic OH excluding ortho intramolecular Hbond substituents is 1. The molecule has 0 fully saturated rings. The predicted molar refractivity (Wildman–Crippen MR) is 66.5 cm³/mol. The summed E-state index contributed by atoms with van der Waals surface area (Å²) >= 11 is 0. The van der Waals surface area contributed by atoms with Crippen molar-refractivity contribution in [3.05, 3.63) is 59.4 Å². The highest BCUT2D eigenvalue weighted by molar-refractivity contribution is 5.47. The summed E-state index contributed by atoms with van der Waals surface area (Å²) in [4.78, 5) is 0. The van der Waals surface area contributed by atoms with Crippen molar-refractivity contribution < 1.29 is 18.3 Å². The summed E-state index contributed by atoms with van der Waals surface area (Å²) in [6.07, 6.45) is 0. The van der Waals surface area contributed by atoms with Gasteiger partial charge in [-0.1, -0.05) is 12.1 Å². The molecule has 0 aliphatic rings. The zero-order chi connectivity index (χ0) is 14.0. The van der Waals surface area contributed by atoms with Crippen LogP contribution in [0.2, 0.25) is 0 Å². The van der Waals surface area contributed by atoms with E-state index in [0.717, 1.165) is 11.6 Å². The maximum Gasteiger partial charge on any atom is 0.161 e. The lowest BCUT2D eigenvalue weighted by atomic mass is 10.1. The smallest absolute Gasteiger partial charge is 0.161 e. The molecule has 0 heterocycles. The van der Waals surface area contributed by atoms with Gasteiger partial charge in [-0.3, -0.25) is 0 Å². The van der Waals surface area contributed by atoms with Gasteiger partial charge >= 0.3 is 0 Å². The van der Waals surface area contributed by atoms with Gasteiger partial charge in [-0.2, -0.15) is 0 Å². The Morgan fingerprint density at radius 2 is 1.53 bits per heavy atom. The molecule has 0 radical (unpaired) electrons. The number of halogens is 3. The van der Waals surface area contributed by atoms with Crippen LogP contribution < -0.4 is 5.32 Å². The first-order valence-corrected chi connectivity index (χ1v) is 5.67. The van der Waals surface area contributed by atoms with Gasteiger partial charge in [0.05, 0.1) is 5.69 Å². The van der Waals surface area contributed by atoms with E-state index in [-0.39, 0.29) is 17.5 Å². The Bertz CT molecular complexity index is 584. The SMILES string of the molecule is CC(Nc1cc(F)c(F)cc1F)c1ccc(O)cc1. The molecule has 2 aromatic rings. The minimum atomic E-state index is -1.22. The fraction of sp³-hybridized carbons (Fsp3) is 0.143. The van der Waals surface area contributed by atoms with E-state index in [9.17, 15) is 13.2 Å². The van der Waals surface area contributed by atoms with E-state index in [0.29, 0.717) is 6.07 Å². The molecule has 0 saturated carbocycles. The van der Waals surface area contributed by atoms with E-state index < -0.39 is 17.5 Å². The molecule has 0 aliphatic heterocycles. The first kappa shape index (κ1) is 13.3. The molecule has 19 heavy (non-hydrogen) atoms. The summed E-state index contributed by atoms with van der Waals surface area (Å²) < 4.78 is 39.3. The van der Waals surface area contributed by atoms with Gasteiger partial charge in [0.25, 0.3) is 0 Å². The molecule has 0 aromatic heterocycles. The third-order valence-electron chi connectivity index (χ3n) is 2.78. The van der Waals surface area contributed by atoms with Crippen molar-refractivity contribution in [3.8, 4) is 5.75 Å². The van der Waals surface area contributed by atoms with E-state index in [1.807, 2.05) is 0 Å². The number of rotatable bonds is 3. The van der Waals surface area contributed by atoms with Crippen molar-refractivity contribution in [3.63, 3.8) is 0 Å². The maximum atomic E-state index is 13.5. The number of benzene rings is 2. The molecular weight excluding hydrogens is 255 g/mol. The van der Waals surface area contributed by atoms with Crippen LogP contribution in [-0.2, 0) is 0 Å². The first-order chi connectivity index (χ1) is 8.97. The Hall–Kier alpha value is -2.17. The number of nitrogens with one attached hydrogen (secondary N) is 1. The summed E-state index contributed by atoms with van der Waals surface area (Å²) in [5.41, 5.74) is 0.668. The Labute approximate surface area is 108 Å². The number of anilines is 1. The molecule has 2 rings (SSSR count). The number of hydrogen-bond acceptors (Lipinski definition) is 2. The molecule has 2 N–H and O–H groups in total. The highest BCUT2D eigenvalue weighted by Crippen LogP contribution is 2.24. The van der Waals surface area contributed by atoms with E-state index in [2.05, 4.69) is 5.32 Å². The molecular formula is C14H12F3NO. The van der Waals surface area contributed by atoms with Crippen LogP contribution in [0.5, 0.6) is 5.75 Å². The van der Waals surface area contributed by atoms with Crippen molar-refractivity contribution in [2.45, 2.75) is 13.0 Å². The molecule has 2 nitrogen and oxygen atoms in total. The molecule has 100 valence electrons. The van der Waals surface area contributed by atoms with Gasteiger partial charge in [-0.05, 0) is 24.6 Å². The Balaban J connectivity index is 2.21. The molecule has 0 spiro atoms. The van der Waals surface area contributed by atoms with E-state index in [4.69, 9.17) is 5.11 Å². The average Bonchev–Trinajstić information content (AvgIpc) is 2.36. The zero-order valence-corrected chi connectivity index (χ0v) is 10.1. The van der Waals surface area contributed by atoms with Gasteiger partial charge < -0.3 is 10.4 Å². The number of aromatic hydroxyl groups is 1. The Kier molecular flexibility index (Phi) is 3.64. The van der Waals surface area contributed by atoms with Gasteiger partial charge in [0.1, 0.15) is 11.6 Å². The van der Waals surface area contributed by atoms with Crippen LogP contribution in [0.4, 0.5) is 18.9 Å². The lowest BCUT2D eigenvalue weighted by Gasteiger charge is -2.16. The second-order valence-corrected chi connectivity index (χ2v) is 4.20. The highest BCUT2D eigenvalue weighted by atomic mass is 19.2. The van der Waals surface area contributed by atoms with Gasteiger partial charge in [0.2, 0.25) is 0 Å². The van der Waals surface area contributed by atoms with Crippen LogP contribution in [0.25, 0.3) is 0 Å². The van der Waals surface area contributed by atoms with Crippen LogP contribution in [0.3, 0.4) is 0 Å². The van der Waals surface area contributed by atoms with Crippen molar-refractivity contribution in [1.82, 2.24) is 0 Å². The van der Waals surface area contributed by atoms with Crippen molar-refractivity contribution >= 4 is 5.69 Å². The summed E-state index contributed by atoms with van der Waals surface area (Å²) in [5, 5.41) is 11.9. The second-order valence-electron chi connectivity index (χ2n) is 4.20. The fourth-order valence-corrected chi connectivity index (χ4v) is 1.71. The molecule has 0 amide bonds. The number of phenols is 1. The zero-order valence-electron chi connectivity index (χ0n) is 10.1. The Morgan fingerprint density at radius 3 is 2.16 bits per heavy atom. The van der Waals surface area contributed by atoms with Crippen LogP contribution >= 0.6 is 0 Å². The minimum Gasteiger partial charge on any atom is -0.508 e. The second kappa shape index (κ2) is 5.22. The summed E-state index contributed by atoms with van der Waals surface area (Å²) in [5.74, 6) is -3.07. The standard InChI is InChI=1S/C14H12F3NO/c1-8(9-2-4-10(19)5-3-9)18-14-7-12(16)11(15)6-13(14)17/h2-8,18-19H,1H3. The third kappa shape index (κ3) is 2.99. The topological polar surface area (TPSA) is 32.3 Å². The Morgan fingerprint density at radius 1 is 0.947 bits per heavy atom. The van der Waals surface area contributed by atoms with Gasteiger partial charge in [0, 0.05) is 18.2 Å². The molecule has 5 heteroatoms. The largest absolute Gasteiger partial charge is 0.508 e. The van der Waals surface area contributed by atoms with Crippen molar-refractivity contribution in [2.24, 2.45) is 0 Å².